The summed E-state index contributed by atoms with van der Waals surface area (Å²) in [6, 6.07) is 11.4. The molecule has 1 heterocycles. The normalized spacial score (nSPS) is 23.8. The minimum absolute atomic E-state index is 0.369. The molecule has 0 saturated carbocycles. The van der Waals surface area contributed by atoms with Crippen LogP contribution in [0.3, 0.4) is 0 Å². The molecule has 1 aliphatic rings. The van der Waals surface area contributed by atoms with Crippen LogP contribution in [0.2, 0.25) is 0 Å². The highest BCUT2D eigenvalue weighted by molar-refractivity contribution is 5.18. The molecule has 1 unspecified atom stereocenters. The Kier molecular flexibility index (Phi) is 2.39. The summed E-state index contributed by atoms with van der Waals surface area (Å²) in [5.41, 5.74) is 1.29. The fourth-order valence-corrected chi connectivity index (χ4v) is 1.41. The smallest absolute Gasteiger partial charge is 0.0662 e. The molecule has 0 aromatic heterocycles. The van der Waals surface area contributed by atoms with E-state index in [1.165, 1.54) is 5.56 Å². The van der Waals surface area contributed by atoms with Crippen molar-refractivity contribution in [1.29, 1.82) is 0 Å². The Labute approximate surface area is 72.5 Å². The SMILES string of the molecule is [c]1ccc(C2COCCN2)cc1. The molecule has 2 rings (SSSR count). The van der Waals surface area contributed by atoms with E-state index in [0.717, 1.165) is 19.8 Å². The van der Waals surface area contributed by atoms with Crippen molar-refractivity contribution >= 4 is 0 Å². The van der Waals surface area contributed by atoms with Crippen molar-refractivity contribution in [3.05, 3.63) is 35.9 Å². The van der Waals surface area contributed by atoms with Gasteiger partial charge in [0.2, 0.25) is 0 Å². The van der Waals surface area contributed by atoms with Crippen LogP contribution in [-0.2, 0) is 4.74 Å². The molecule has 12 heavy (non-hydrogen) atoms. The van der Waals surface area contributed by atoms with Crippen molar-refractivity contribution in [3.8, 4) is 0 Å². The maximum Gasteiger partial charge on any atom is 0.0662 e. The van der Waals surface area contributed by atoms with Crippen LogP contribution in [-0.4, -0.2) is 19.8 Å². The van der Waals surface area contributed by atoms with E-state index in [1.54, 1.807) is 0 Å². The lowest BCUT2D eigenvalue weighted by atomic mass is 10.1. The molecule has 1 atom stereocenters. The van der Waals surface area contributed by atoms with E-state index in [2.05, 4.69) is 23.5 Å². The molecule has 1 N–H and O–H groups in total. The van der Waals surface area contributed by atoms with Gasteiger partial charge in [0, 0.05) is 6.54 Å². The molecule has 1 aromatic rings. The summed E-state index contributed by atoms with van der Waals surface area (Å²) >= 11 is 0. The van der Waals surface area contributed by atoms with Crippen molar-refractivity contribution < 1.29 is 4.74 Å². The van der Waals surface area contributed by atoms with Crippen LogP contribution in [0.15, 0.2) is 24.3 Å². The highest BCUT2D eigenvalue weighted by Crippen LogP contribution is 2.14. The molecule has 1 saturated heterocycles. The Morgan fingerprint density at radius 3 is 2.92 bits per heavy atom. The maximum atomic E-state index is 5.36. The monoisotopic (exact) mass is 162 g/mol. The molecular weight excluding hydrogens is 150 g/mol. The summed E-state index contributed by atoms with van der Waals surface area (Å²) < 4.78 is 5.36. The van der Waals surface area contributed by atoms with Crippen molar-refractivity contribution in [2.24, 2.45) is 0 Å². The summed E-state index contributed by atoms with van der Waals surface area (Å²) in [6.45, 7) is 2.56. The van der Waals surface area contributed by atoms with E-state index in [4.69, 9.17) is 4.74 Å². The first-order chi connectivity index (χ1) is 5.97. The van der Waals surface area contributed by atoms with E-state index in [0.29, 0.717) is 6.04 Å². The molecular formula is C10H12NO. The topological polar surface area (TPSA) is 21.3 Å². The van der Waals surface area contributed by atoms with E-state index in [9.17, 15) is 0 Å². The molecule has 1 radical (unpaired) electrons. The fraction of sp³-hybridized carbons (Fsp3) is 0.400. The molecule has 2 heteroatoms. The number of hydrogen-bond donors (Lipinski definition) is 1. The number of morpholine rings is 1. The second-order valence-electron chi connectivity index (χ2n) is 2.91. The minimum Gasteiger partial charge on any atom is -0.378 e. The molecule has 0 aliphatic carbocycles. The first-order valence-corrected chi connectivity index (χ1v) is 4.24. The van der Waals surface area contributed by atoms with Gasteiger partial charge < -0.3 is 10.1 Å². The van der Waals surface area contributed by atoms with Crippen LogP contribution in [0.1, 0.15) is 11.6 Å². The number of nitrogens with one attached hydrogen (secondary N) is 1. The van der Waals surface area contributed by atoms with Gasteiger partial charge in [-0.05, 0) is 11.6 Å². The molecule has 2 nitrogen and oxygen atoms in total. The van der Waals surface area contributed by atoms with Gasteiger partial charge in [0.05, 0.1) is 19.3 Å². The minimum atomic E-state index is 0.369. The highest BCUT2D eigenvalue weighted by atomic mass is 16.5. The highest BCUT2D eigenvalue weighted by Gasteiger charge is 2.13. The van der Waals surface area contributed by atoms with Gasteiger partial charge >= 0.3 is 0 Å². The fourth-order valence-electron chi connectivity index (χ4n) is 1.41. The third kappa shape index (κ3) is 1.65. The van der Waals surface area contributed by atoms with E-state index in [1.807, 2.05) is 12.1 Å². The van der Waals surface area contributed by atoms with Crippen LogP contribution >= 0.6 is 0 Å². The quantitative estimate of drug-likeness (QED) is 0.668. The van der Waals surface area contributed by atoms with Gasteiger partial charge in [0.25, 0.3) is 0 Å². The van der Waals surface area contributed by atoms with Gasteiger partial charge in [-0.1, -0.05) is 24.3 Å². The standard InChI is InChI=1S/C10H12NO/c1-2-4-9(5-3-1)10-8-12-7-6-11-10/h2-5,10-11H,6-8H2. The first-order valence-electron chi connectivity index (χ1n) is 4.24. The molecule has 0 spiro atoms. The van der Waals surface area contributed by atoms with Gasteiger partial charge in [-0.2, -0.15) is 0 Å². The van der Waals surface area contributed by atoms with E-state index in [-0.39, 0.29) is 0 Å². The van der Waals surface area contributed by atoms with Gasteiger partial charge in [0.15, 0.2) is 0 Å². The van der Waals surface area contributed by atoms with Crippen LogP contribution < -0.4 is 5.32 Å². The second kappa shape index (κ2) is 3.70. The number of hydrogen-bond acceptors (Lipinski definition) is 2. The molecule has 1 aromatic carbocycles. The zero-order valence-corrected chi connectivity index (χ0v) is 6.92. The average Bonchev–Trinajstić information content (AvgIpc) is 2.21. The molecule has 0 bridgehead atoms. The lowest BCUT2D eigenvalue weighted by molar-refractivity contribution is 0.0769. The zero-order valence-electron chi connectivity index (χ0n) is 6.92. The summed E-state index contributed by atoms with van der Waals surface area (Å²) in [5.74, 6) is 0. The Morgan fingerprint density at radius 1 is 1.42 bits per heavy atom. The van der Waals surface area contributed by atoms with Crippen molar-refractivity contribution in [3.63, 3.8) is 0 Å². The second-order valence-corrected chi connectivity index (χ2v) is 2.91. The van der Waals surface area contributed by atoms with Gasteiger partial charge in [0.1, 0.15) is 0 Å². The number of benzene rings is 1. The predicted octanol–water partition coefficient (Wildman–Crippen LogP) is 1.15. The van der Waals surface area contributed by atoms with E-state index >= 15 is 0 Å². The third-order valence-electron chi connectivity index (χ3n) is 2.07. The first kappa shape index (κ1) is 7.77. The summed E-state index contributed by atoms with van der Waals surface area (Å²) in [4.78, 5) is 0. The van der Waals surface area contributed by atoms with Crippen LogP contribution in [0.5, 0.6) is 0 Å². The number of ether oxygens (including phenoxy) is 1. The molecule has 63 valence electrons. The molecule has 0 amide bonds. The molecule has 1 fully saturated rings. The third-order valence-corrected chi connectivity index (χ3v) is 2.07. The number of rotatable bonds is 1. The largest absolute Gasteiger partial charge is 0.378 e. The van der Waals surface area contributed by atoms with Gasteiger partial charge in [-0.25, -0.2) is 0 Å². The van der Waals surface area contributed by atoms with E-state index < -0.39 is 0 Å². The van der Waals surface area contributed by atoms with Gasteiger partial charge in [-0.15, -0.1) is 0 Å². The Morgan fingerprint density at radius 2 is 2.25 bits per heavy atom. The van der Waals surface area contributed by atoms with Gasteiger partial charge in [-0.3, -0.25) is 0 Å². The Hall–Kier alpha value is -0.860. The van der Waals surface area contributed by atoms with Crippen LogP contribution in [0, 0.1) is 6.07 Å². The Bertz CT molecular complexity index is 229. The zero-order chi connectivity index (χ0) is 8.23. The predicted molar refractivity (Wildman–Crippen MR) is 46.8 cm³/mol. The lowest BCUT2D eigenvalue weighted by Crippen LogP contribution is -2.34. The van der Waals surface area contributed by atoms with Crippen molar-refractivity contribution in [2.45, 2.75) is 6.04 Å². The summed E-state index contributed by atoms with van der Waals surface area (Å²) in [7, 11) is 0. The Balaban J connectivity index is 2.08. The lowest BCUT2D eigenvalue weighted by Gasteiger charge is -2.23. The molecule has 1 aliphatic heterocycles. The van der Waals surface area contributed by atoms with Crippen molar-refractivity contribution in [2.75, 3.05) is 19.8 Å². The summed E-state index contributed by atoms with van der Waals surface area (Å²) in [6.07, 6.45) is 0. The van der Waals surface area contributed by atoms with Crippen LogP contribution in [0.4, 0.5) is 0 Å². The van der Waals surface area contributed by atoms with Crippen LogP contribution in [0.25, 0.3) is 0 Å². The maximum absolute atomic E-state index is 5.36. The summed E-state index contributed by atoms with van der Waals surface area (Å²) in [5, 5.41) is 3.40. The average molecular weight is 162 g/mol. The van der Waals surface area contributed by atoms with Crippen molar-refractivity contribution in [1.82, 2.24) is 5.32 Å².